The van der Waals surface area contributed by atoms with Crippen LogP contribution in [0.2, 0.25) is 0 Å². The Labute approximate surface area is 119 Å². The zero-order chi connectivity index (χ0) is 11.8. The Balaban J connectivity index is 0.00000256. The van der Waals surface area contributed by atoms with E-state index in [4.69, 9.17) is 10.5 Å². The SMILES string of the molecule is CCCNC(N)=NCc1ccnc(OC)c1.I. The fourth-order valence-corrected chi connectivity index (χ4v) is 1.15. The van der Waals surface area contributed by atoms with Gasteiger partial charge in [0.15, 0.2) is 5.96 Å². The quantitative estimate of drug-likeness (QED) is 0.480. The summed E-state index contributed by atoms with van der Waals surface area (Å²) in [4.78, 5) is 8.22. The van der Waals surface area contributed by atoms with E-state index in [2.05, 4.69) is 22.2 Å². The molecule has 1 aromatic heterocycles. The van der Waals surface area contributed by atoms with Crippen LogP contribution in [-0.2, 0) is 6.54 Å². The average Bonchev–Trinajstić information content (AvgIpc) is 2.34. The van der Waals surface area contributed by atoms with E-state index in [1.54, 1.807) is 13.3 Å². The van der Waals surface area contributed by atoms with Gasteiger partial charge in [0.25, 0.3) is 0 Å². The van der Waals surface area contributed by atoms with Crippen molar-refractivity contribution in [1.82, 2.24) is 10.3 Å². The Morgan fingerprint density at radius 3 is 3.00 bits per heavy atom. The monoisotopic (exact) mass is 350 g/mol. The number of hydrogen-bond donors (Lipinski definition) is 2. The van der Waals surface area contributed by atoms with Gasteiger partial charge in [0.1, 0.15) is 0 Å². The smallest absolute Gasteiger partial charge is 0.213 e. The number of ether oxygens (including phenoxy) is 1. The third-order valence-electron chi connectivity index (χ3n) is 2.00. The van der Waals surface area contributed by atoms with Crippen LogP contribution in [0.3, 0.4) is 0 Å². The Hall–Kier alpha value is -1.05. The predicted molar refractivity (Wildman–Crippen MR) is 79.8 cm³/mol. The summed E-state index contributed by atoms with van der Waals surface area (Å²) in [5, 5.41) is 3.01. The molecule has 1 rings (SSSR count). The molecule has 0 radical (unpaired) electrons. The zero-order valence-corrected chi connectivity index (χ0v) is 12.5. The van der Waals surface area contributed by atoms with Gasteiger partial charge < -0.3 is 15.8 Å². The number of aromatic nitrogens is 1. The number of hydrogen-bond acceptors (Lipinski definition) is 3. The highest BCUT2D eigenvalue weighted by molar-refractivity contribution is 14.0. The summed E-state index contributed by atoms with van der Waals surface area (Å²) in [6.45, 7) is 3.45. The van der Waals surface area contributed by atoms with Gasteiger partial charge in [0.05, 0.1) is 13.7 Å². The third-order valence-corrected chi connectivity index (χ3v) is 2.00. The molecule has 5 nitrogen and oxygen atoms in total. The molecule has 0 amide bonds. The van der Waals surface area contributed by atoms with Crippen LogP contribution in [0.5, 0.6) is 5.88 Å². The maximum atomic E-state index is 5.67. The van der Waals surface area contributed by atoms with E-state index in [9.17, 15) is 0 Å². The van der Waals surface area contributed by atoms with Crippen LogP contribution in [0.15, 0.2) is 23.3 Å². The van der Waals surface area contributed by atoms with Crippen LogP contribution in [0.1, 0.15) is 18.9 Å². The Kier molecular flexibility index (Phi) is 8.47. The maximum absolute atomic E-state index is 5.67. The Morgan fingerprint density at radius 2 is 2.35 bits per heavy atom. The number of nitrogens with one attached hydrogen (secondary N) is 1. The van der Waals surface area contributed by atoms with Gasteiger partial charge >= 0.3 is 0 Å². The molecule has 3 N–H and O–H groups in total. The molecule has 17 heavy (non-hydrogen) atoms. The molecule has 6 heteroatoms. The molecule has 0 bridgehead atoms. The standard InChI is InChI=1S/C11H18N4O.HI/c1-3-5-14-11(12)15-8-9-4-6-13-10(7-9)16-2;/h4,6-7H,3,5,8H2,1-2H3,(H3,12,14,15);1H. The van der Waals surface area contributed by atoms with E-state index in [1.165, 1.54) is 0 Å². The predicted octanol–water partition coefficient (Wildman–Crippen LogP) is 1.52. The highest BCUT2D eigenvalue weighted by Crippen LogP contribution is 2.09. The summed E-state index contributed by atoms with van der Waals surface area (Å²) < 4.78 is 5.02. The second kappa shape index (κ2) is 9.03. The number of guanidine groups is 1. The molecule has 0 aliphatic carbocycles. The minimum absolute atomic E-state index is 0. The molecule has 0 aliphatic heterocycles. The van der Waals surface area contributed by atoms with Crippen molar-refractivity contribution in [3.63, 3.8) is 0 Å². The number of pyridine rings is 1. The summed E-state index contributed by atoms with van der Waals surface area (Å²) >= 11 is 0. The summed E-state index contributed by atoms with van der Waals surface area (Å²) in [6.07, 6.45) is 2.72. The maximum Gasteiger partial charge on any atom is 0.213 e. The van der Waals surface area contributed by atoms with Gasteiger partial charge in [0.2, 0.25) is 5.88 Å². The zero-order valence-electron chi connectivity index (χ0n) is 10.1. The van der Waals surface area contributed by atoms with Crippen molar-refractivity contribution in [3.05, 3.63) is 23.9 Å². The number of nitrogens with zero attached hydrogens (tertiary/aromatic N) is 2. The van der Waals surface area contributed by atoms with Crippen molar-refractivity contribution in [1.29, 1.82) is 0 Å². The lowest BCUT2D eigenvalue weighted by Crippen LogP contribution is -2.32. The molecule has 1 aromatic rings. The van der Waals surface area contributed by atoms with Crippen molar-refractivity contribution in [2.24, 2.45) is 10.7 Å². The number of methoxy groups -OCH3 is 1. The van der Waals surface area contributed by atoms with Gasteiger partial charge in [-0.25, -0.2) is 9.98 Å². The fourth-order valence-electron chi connectivity index (χ4n) is 1.15. The van der Waals surface area contributed by atoms with E-state index in [1.807, 2.05) is 12.1 Å². The van der Waals surface area contributed by atoms with Gasteiger partial charge in [-0.3, -0.25) is 0 Å². The van der Waals surface area contributed by atoms with E-state index in [-0.39, 0.29) is 24.0 Å². The van der Waals surface area contributed by atoms with Gasteiger partial charge in [-0.05, 0) is 18.1 Å². The molecule has 96 valence electrons. The topological polar surface area (TPSA) is 72.5 Å². The normalized spacial score (nSPS) is 10.6. The molecule has 0 atom stereocenters. The number of aliphatic imine (C=N–C) groups is 1. The largest absolute Gasteiger partial charge is 0.481 e. The van der Waals surface area contributed by atoms with Crippen LogP contribution in [0, 0.1) is 0 Å². The van der Waals surface area contributed by atoms with Crippen LogP contribution in [0.25, 0.3) is 0 Å². The fraction of sp³-hybridized carbons (Fsp3) is 0.455. The lowest BCUT2D eigenvalue weighted by Gasteiger charge is -2.04. The number of rotatable bonds is 5. The van der Waals surface area contributed by atoms with Crippen molar-refractivity contribution in [2.75, 3.05) is 13.7 Å². The van der Waals surface area contributed by atoms with Crippen molar-refractivity contribution in [3.8, 4) is 5.88 Å². The minimum atomic E-state index is 0. The molecule has 0 saturated heterocycles. The second-order valence-electron chi connectivity index (χ2n) is 3.33. The van der Waals surface area contributed by atoms with Crippen molar-refractivity contribution < 1.29 is 4.74 Å². The van der Waals surface area contributed by atoms with E-state index >= 15 is 0 Å². The molecule has 0 spiro atoms. The molecule has 0 saturated carbocycles. The first-order chi connectivity index (χ1) is 7.76. The average molecular weight is 350 g/mol. The van der Waals surface area contributed by atoms with Crippen LogP contribution in [0.4, 0.5) is 0 Å². The lowest BCUT2D eigenvalue weighted by molar-refractivity contribution is 0.397. The van der Waals surface area contributed by atoms with Crippen LogP contribution >= 0.6 is 24.0 Å². The number of nitrogens with two attached hydrogens (primary N) is 1. The molecular formula is C11H19IN4O. The van der Waals surface area contributed by atoms with Crippen molar-refractivity contribution in [2.45, 2.75) is 19.9 Å². The van der Waals surface area contributed by atoms with Crippen LogP contribution < -0.4 is 15.8 Å². The highest BCUT2D eigenvalue weighted by Gasteiger charge is 1.96. The third kappa shape index (κ3) is 6.30. The van der Waals surface area contributed by atoms with Crippen molar-refractivity contribution >= 4 is 29.9 Å². The van der Waals surface area contributed by atoms with Gasteiger partial charge in [-0.15, -0.1) is 24.0 Å². The summed E-state index contributed by atoms with van der Waals surface area (Å²) in [5.74, 6) is 1.06. The molecule has 0 unspecified atom stereocenters. The molecule has 0 fully saturated rings. The molecule has 0 aromatic carbocycles. The summed E-state index contributed by atoms with van der Waals surface area (Å²) in [5.41, 5.74) is 6.69. The number of halogens is 1. The highest BCUT2D eigenvalue weighted by atomic mass is 127. The summed E-state index contributed by atoms with van der Waals surface area (Å²) in [7, 11) is 1.59. The Morgan fingerprint density at radius 1 is 1.59 bits per heavy atom. The lowest BCUT2D eigenvalue weighted by atomic mass is 10.3. The molecular weight excluding hydrogens is 331 g/mol. The van der Waals surface area contributed by atoms with E-state index in [0.717, 1.165) is 18.5 Å². The first-order valence-electron chi connectivity index (χ1n) is 5.29. The van der Waals surface area contributed by atoms with Gasteiger partial charge in [-0.2, -0.15) is 0 Å². The Bertz CT molecular complexity index is 357. The molecule has 1 heterocycles. The molecule has 0 aliphatic rings. The first-order valence-corrected chi connectivity index (χ1v) is 5.29. The van der Waals surface area contributed by atoms with Gasteiger partial charge in [0, 0.05) is 18.8 Å². The first kappa shape index (κ1) is 16.0. The second-order valence-corrected chi connectivity index (χ2v) is 3.33. The summed E-state index contributed by atoms with van der Waals surface area (Å²) in [6, 6.07) is 3.73. The van der Waals surface area contributed by atoms with Crippen LogP contribution in [-0.4, -0.2) is 24.6 Å². The minimum Gasteiger partial charge on any atom is -0.481 e. The van der Waals surface area contributed by atoms with E-state index in [0.29, 0.717) is 18.4 Å². The van der Waals surface area contributed by atoms with E-state index < -0.39 is 0 Å². The van der Waals surface area contributed by atoms with Gasteiger partial charge in [-0.1, -0.05) is 6.92 Å².